The zero-order chi connectivity index (χ0) is 27.3. The molecule has 196 valence electrons. The van der Waals surface area contributed by atoms with E-state index < -0.39 is 17.9 Å². The molecule has 1 atom stereocenters. The van der Waals surface area contributed by atoms with Gasteiger partial charge in [-0.1, -0.05) is 69.2 Å². The van der Waals surface area contributed by atoms with Gasteiger partial charge in [0.15, 0.2) is 0 Å². The van der Waals surface area contributed by atoms with Crippen molar-refractivity contribution in [2.24, 2.45) is 0 Å². The zero-order valence-electron chi connectivity index (χ0n) is 21.9. The molecule has 0 saturated heterocycles. The lowest BCUT2D eigenvalue weighted by Crippen LogP contribution is -2.42. The molecule has 1 heterocycles. The molecular weight excluding hydrogens is 498 g/mol. The Morgan fingerprint density at radius 2 is 1.58 bits per heavy atom. The van der Waals surface area contributed by atoms with Crippen molar-refractivity contribution in [2.75, 3.05) is 5.75 Å². The van der Waals surface area contributed by atoms with Gasteiger partial charge in [-0.25, -0.2) is 4.79 Å². The van der Waals surface area contributed by atoms with E-state index in [1.54, 1.807) is 23.9 Å². The van der Waals surface area contributed by atoms with Crippen molar-refractivity contribution in [3.05, 3.63) is 89.5 Å². The van der Waals surface area contributed by atoms with E-state index in [-0.39, 0.29) is 11.8 Å². The molecule has 7 nitrogen and oxygen atoms in total. The minimum Gasteiger partial charge on any atom is -0.480 e. The lowest BCUT2D eigenvalue weighted by Gasteiger charge is -2.19. The Hall–Kier alpha value is -3.91. The van der Waals surface area contributed by atoms with Crippen LogP contribution in [0.4, 0.5) is 0 Å². The molecule has 0 saturated carbocycles. The van der Waals surface area contributed by atoms with Crippen molar-refractivity contribution in [1.82, 2.24) is 15.5 Å². The maximum Gasteiger partial charge on any atom is 0.326 e. The fourth-order valence-electron chi connectivity index (χ4n) is 3.91. The molecule has 4 aromatic rings. The van der Waals surface area contributed by atoms with Crippen LogP contribution in [0.5, 0.6) is 0 Å². The summed E-state index contributed by atoms with van der Waals surface area (Å²) in [5.41, 5.74) is 3.84. The standard InChI is InChI=1S/C30H31N3O4S/c1-5-38-24-16-12-22(13-17-24)28-32-26(33-37-28)20-8-6-19(7-9-20)18-25(29(35)36)31-27(34)21-10-14-23(15-11-21)30(2,3)4/h6-17,25H,5,18H2,1-4H3,(H,31,34)(H,35,36)/t25-/m0/s1. The van der Waals surface area contributed by atoms with Crippen LogP contribution in [-0.4, -0.2) is 38.9 Å². The minimum atomic E-state index is -1.10. The number of aliphatic carboxylic acids is 1. The molecule has 2 N–H and O–H groups in total. The first-order chi connectivity index (χ1) is 18.1. The number of carbonyl (C=O) groups is 2. The van der Waals surface area contributed by atoms with E-state index in [2.05, 4.69) is 43.2 Å². The summed E-state index contributed by atoms with van der Waals surface area (Å²) in [4.78, 5) is 30.3. The van der Waals surface area contributed by atoms with Crippen LogP contribution in [0.2, 0.25) is 0 Å². The second-order valence-corrected chi connectivity index (χ2v) is 11.3. The first-order valence-corrected chi connectivity index (χ1v) is 13.4. The summed E-state index contributed by atoms with van der Waals surface area (Å²) in [7, 11) is 0. The van der Waals surface area contributed by atoms with Crippen molar-refractivity contribution in [3.63, 3.8) is 0 Å². The number of hydrogen-bond donors (Lipinski definition) is 2. The van der Waals surface area contributed by atoms with Gasteiger partial charge in [-0.3, -0.25) is 4.79 Å². The number of carboxylic acids is 1. The number of amides is 1. The Morgan fingerprint density at radius 3 is 2.16 bits per heavy atom. The van der Waals surface area contributed by atoms with E-state index in [4.69, 9.17) is 4.52 Å². The molecule has 1 amide bonds. The van der Waals surface area contributed by atoms with Crippen molar-refractivity contribution in [2.45, 2.75) is 50.5 Å². The summed E-state index contributed by atoms with van der Waals surface area (Å²) in [6.07, 6.45) is 0.140. The topological polar surface area (TPSA) is 105 Å². The largest absolute Gasteiger partial charge is 0.480 e. The molecule has 4 rings (SSSR count). The average Bonchev–Trinajstić information content (AvgIpc) is 3.39. The highest BCUT2D eigenvalue weighted by Gasteiger charge is 2.22. The SMILES string of the molecule is CCSc1ccc(-c2nc(-c3ccc(C[C@H](NC(=O)c4ccc(C(C)(C)C)cc4)C(=O)O)cc3)no2)cc1. The Labute approximate surface area is 226 Å². The molecule has 38 heavy (non-hydrogen) atoms. The Balaban J connectivity index is 1.41. The van der Waals surface area contributed by atoms with Crippen LogP contribution in [0.25, 0.3) is 22.8 Å². The van der Waals surface area contributed by atoms with Crippen LogP contribution in [0.1, 0.15) is 49.2 Å². The third-order valence-corrected chi connectivity index (χ3v) is 7.00. The van der Waals surface area contributed by atoms with Gasteiger partial charge in [0.2, 0.25) is 5.82 Å². The molecule has 3 aromatic carbocycles. The smallest absolute Gasteiger partial charge is 0.326 e. The van der Waals surface area contributed by atoms with Gasteiger partial charge in [-0.15, -0.1) is 11.8 Å². The van der Waals surface area contributed by atoms with E-state index in [1.165, 1.54) is 4.90 Å². The van der Waals surface area contributed by atoms with E-state index >= 15 is 0 Å². The monoisotopic (exact) mass is 529 g/mol. The van der Waals surface area contributed by atoms with Gasteiger partial charge < -0.3 is 14.9 Å². The van der Waals surface area contributed by atoms with Crippen molar-refractivity contribution in [1.29, 1.82) is 0 Å². The predicted octanol–water partition coefficient (Wildman–Crippen LogP) is 6.24. The summed E-state index contributed by atoms with van der Waals surface area (Å²) < 4.78 is 5.45. The number of rotatable bonds is 9. The number of carboxylic acid groups (broad SMARTS) is 1. The van der Waals surface area contributed by atoms with Gasteiger partial charge in [-0.2, -0.15) is 4.98 Å². The summed E-state index contributed by atoms with van der Waals surface area (Å²) in [6, 6.07) is 21.4. The van der Waals surface area contributed by atoms with Crippen LogP contribution < -0.4 is 5.32 Å². The fraction of sp³-hybridized carbons (Fsp3) is 0.267. The molecule has 0 spiro atoms. The molecule has 8 heteroatoms. The van der Waals surface area contributed by atoms with Gasteiger partial charge >= 0.3 is 5.97 Å². The van der Waals surface area contributed by atoms with E-state index in [0.29, 0.717) is 17.3 Å². The molecule has 0 unspecified atom stereocenters. The minimum absolute atomic E-state index is 0.0348. The highest BCUT2D eigenvalue weighted by atomic mass is 32.2. The van der Waals surface area contributed by atoms with Gasteiger partial charge in [-0.05, 0) is 58.7 Å². The van der Waals surface area contributed by atoms with Crippen LogP contribution in [0.3, 0.4) is 0 Å². The Bertz CT molecular complexity index is 1390. The highest BCUT2D eigenvalue weighted by Crippen LogP contribution is 2.26. The number of nitrogens with one attached hydrogen (secondary N) is 1. The maximum absolute atomic E-state index is 12.7. The Kier molecular flexibility index (Phi) is 8.32. The average molecular weight is 530 g/mol. The molecule has 0 bridgehead atoms. The van der Waals surface area contributed by atoms with Crippen LogP contribution >= 0.6 is 11.8 Å². The van der Waals surface area contributed by atoms with E-state index in [9.17, 15) is 14.7 Å². The van der Waals surface area contributed by atoms with E-state index in [1.807, 2.05) is 60.7 Å². The molecule has 0 radical (unpaired) electrons. The zero-order valence-corrected chi connectivity index (χ0v) is 22.7. The third kappa shape index (κ3) is 6.69. The lowest BCUT2D eigenvalue weighted by atomic mass is 9.86. The maximum atomic E-state index is 12.7. The molecule has 0 fully saturated rings. The van der Waals surface area contributed by atoms with Crippen LogP contribution in [0.15, 0.2) is 82.2 Å². The van der Waals surface area contributed by atoms with Gasteiger partial charge in [0.05, 0.1) is 0 Å². The van der Waals surface area contributed by atoms with Crippen LogP contribution in [0, 0.1) is 0 Å². The highest BCUT2D eigenvalue weighted by molar-refractivity contribution is 7.99. The number of carbonyl (C=O) groups excluding carboxylic acids is 1. The van der Waals surface area contributed by atoms with Gasteiger partial charge in [0, 0.05) is 28.0 Å². The number of thioether (sulfide) groups is 1. The fourth-order valence-corrected chi connectivity index (χ4v) is 4.57. The first kappa shape index (κ1) is 27.1. The normalized spacial score (nSPS) is 12.2. The van der Waals surface area contributed by atoms with Gasteiger partial charge in [0.1, 0.15) is 6.04 Å². The summed E-state index contributed by atoms with van der Waals surface area (Å²) >= 11 is 1.76. The van der Waals surface area contributed by atoms with Crippen molar-refractivity contribution in [3.8, 4) is 22.8 Å². The second-order valence-electron chi connectivity index (χ2n) is 9.97. The summed E-state index contributed by atoms with van der Waals surface area (Å²) in [5.74, 6) is 0.363. The van der Waals surface area contributed by atoms with E-state index in [0.717, 1.165) is 28.0 Å². The molecule has 0 aliphatic heterocycles. The molecule has 1 aromatic heterocycles. The Morgan fingerprint density at radius 1 is 0.947 bits per heavy atom. The molecular formula is C30H31N3O4S. The lowest BCUT2D eigenvalue weighted by molar-refractivity contribution is -0.139. The number of benzene rings is 3. The molecule has 0 aliphatic rings. The van der Waals surface area contributed by atoms with Crippen LogP contribution in [-0.2, 0) is 16.6 Å². The molecule has 0 aliphatic carbocycles. The first-order valence-electron chi connectivity index (χ1n) is 12.4. The number of nitrogens with zero attached hydrogens (tertiary/aromatic N) is 2. The number of hydrogen-bond acceptors (Lipinski definition) is 6. The van der Waals surface area contributed by atoms with Gasteiger partial charge in [0.25, 0.3) is 11.8 Å². The quantitative estimate of drug-likeness (QED) is 0.247. The second kappa shape index (κ2) is 11.6. The number of aromatic nitrogens is 2. The van der Waals surface area contributed by atoms with Crippen molar-refractivity contribution < 1.29 is 19.2 Å². The third-order valence-electron chi connectivity index (χ3n) is 6.11. The predicted molar refractivity (Wildman–Crippen MR) is 149 cm³/mol. The van der Waals surface area contributed by atoms with Crippen molar-refractivity contribution >= 4 is 23.6 Å². The summed E-state index contributed by atoms with van der Waals surface area (Å²) in [6.45, 7) is 8.39. The summed E-state index contributed by atoms with van der Waals surface area (Å²) in [5, 5.41) is 16.5.